The van der Waals surface area contributed by atoms with Crippen LogP contribution in [-0.2, 0) is 14.3 Å². The second kappa shape index (κ2) is 9.99. The summed E-state index contributed by atoms with van der Waals surface area (Å²) < 4.78 is 36.4. The minimum absolute atomic E-state index is 0.00207. The van der Waals surface area contributed by atoms with Gasteiger partial charge in [-0.25, -0.2) is 13.6 Å². The summed E-state index contributed by atoms with van der Waals surface area (Å²) in [6.07, 6.45) is 0.0468. The highest BCUT2D eigenvalue weighted by atomic mass is 19.2. The van der Waals surface area contributed by atoms with Crippen molar-refractivity contribution in [3.05, 3.63) is 65.2 Å². The number of amides is 1. The maximum Gasteiger partial charge on any atom is 0.349 e. The molecule has 0 saturated carbocycles. The lowest BCUT2D eigenvalue weighted by Crippen LogP contribution is -2.30. The van der Waals surface area contributed by atoms with Crippen LogP contribution in [0, 0.1) is 23.0 Å². The molecule has 2 aromatic carbocycles. The number of rotatable bonds is 7. The van der Waals surface area contributed by atoms with Crippen molar-refractivity contribution in [3.63, 3.8) is 0 Å². The summed E-state index contributed by atoms with van der Waals surface area (Å²) in [6.45, 7) is 3.65. The van der Waals surface area contributed by atoms with Gasteiger partial charge >= 0.3 is 5.97 Å². The summed E-state index contributed by atoms with van der Waals surface area (Å²) in [7, 11) is 0. The van der Waals surface area contributed by atoms with Crippen molar-refractivity contribution < 1.29 is 27.8 Å². The molecule has 0 bridgehead atoms. The Labute approximate surface area is 166 Å². The molecular weight excluding hydrogens is 382 g/mol. The maximum atomic E-state index is 13.2. The first-order chi connectivity index (χ1) is 13.8. The highest BCUT2D eigenvalue weighted by Gasteiger charge is 2.21. The molecule has 0 spiro atoms. The number of hydrogen-bond donors (Lipinski definition) is 1. The number of carbonyl (C=O) groups excluding carboxylic acids is 2. The molecule has 0 heterocycles. The molecule has 8 heteroatoms. The molecule has 0 radical (unpaired) electrons. The molecule has 150 valence electrons. The fourth-order valence-corrected chi connectivity index (χ4v) is 2.23. The smallest absolute Gasteiger partial charge is 0.349 e. The molecule has 0 fully saturated rings. The van der Waals surface area contributed by atoms with Crippen LogP contribution in [0.4, 0.5) is 14.5 Å². The summed E-state index contributed by atoms with van der Waals surface area (Å²) in [5, 5.41) is 11.5. The van der Waals surface area contributed by atoms with E-state index in [0.29, 0.717) is 17.9 Å². The number of esters is 1. The Kier molecular flexibility index (Phi) is 7.43. The SMILES string of the molecule is CCOc1ccc(/C=C(\C#N)C(=O)O[C@@H](C)C(=O)Nc2ccc(F)c(F)c2)cc1. The van der Waals surface area contributed by atoms with Crippen molar-refractivity contribution >= 4 is 23.6 Å². The fourth-order valence-electron chi connectivity index (χ4n) is 2.23. The van der Waals surface area contributed by atoms with E-state index in [9.17, 15) is 23.6 Å². The Morgan fingerprint density at radius 2 is 1.86 bits per heavy atom. The third-order valence-corrected chi connectivity index (χ3v) is 3.68. The molecule has 2 rings (SSSR count). The average molecular weight is 400 g/mol. The summed E-state index contributed by atoms with van der Waals surface area (Å²) >= 11 is 0. The van der Waals surface area contributed by atoms with Crippen LogP contribution in [0.1, 0.15) is 19.4 Å². The number of nitrogens with zero attached hydrogens (tertiary/aromatic N) is 1. The lowest BCUT2D eigenvalue weighted by molar-refractivity contribution is -0.148. The van der Waals surface area contributed by atoms with Crippen molar-refractivity contribution in [1.82, 2.24) is 0 Å². The van der Waals surface area contributed by atoms with Gasteiger partial charge in [0.1, 0.15) is 17.4 Å². The summed E-state index contributed by atoms with van der Waals surface area (Å²) in [5.41, 5.74) is 0.268. The highest BCUT2D eigenvalue weighted by molar-refractivity contribution is 6.01. The lowest BCUT2D eigenvalue weighted by atomic mass is 10.1. The van der Waals surface area contributed by atoms with E-state index in [1.54, 1.807) is 30.3 Å². The third kappa shape index (κ3) is 6.14. The van der Waals surface area contributed by atoms with Crippen molar-refractivity contribution in [2.24, 2.45) is 0 Å². The number of anilines is 1. The molecule has 2 aromatic rings. The number of hydrogen-bond acceptors (Lipinski definition) is 5. The minimum Gasteiger partial charge on any atom is -0.494 e. The summed E-state index contributed by atoms with van der Waals surface area (Å²) in [6, 6.07) is 11.2. The number of halogens is 2. The van der Waals surface area contributed by atoms with Crippen LogP contribution in [0.2, 0.25) is 0 Å². The fraction of sp³-hybridized carbons (Fsp3) is 0.190. The first-order valence-corrected chi connectivity index (χ1v) is 8.65. The Balaban J connectivity index is 2.02. The van der Waals surface area contributed by atoms with Crippen molar-refractivity contribution in [3.8, 4) is 11.8 Å². The van der Waals surface area contributed by atoms with E-state index < -0.39 is 29.6 Å². The Hall–Kier alpha value is -3.73. The van der Waals surface area contributed by atoms with Crippen LogP contribution in [0.3, 0.4) is 0 Å². The zero-order chi connectivity index (χ0) is 21.4. The maximum absolute atomic E-state index is 13.2. The second-order valence-electron chi connectivity index (χ2n) is 5.84. The van der Waals surface area contributed by atoms with Crippen molar-refractivity contribution in [1.29, 1.82) is 5.26 Å². The standard InChI is InChI=1S/C21H18F2N2O4/c1-3-28-17-7-4-14(5-8-17)10-15(12-24)21(27)29-13(2)20(26)25-16-6-9-18(22)19(23)11-16/h4-11,13H,3H2,1-2H3,(H,25,26)/b15-10+/t13-/m0/s1. The highest BCUT2D eigenvalue weighted by Crippen LogP contribution is 2.16. The van der Waals surface area contributed by atoms with Gasteiger partial charge in [0.15, 0.2) is 17.7 Å². The normalized spacial score (nSPS) is 11.9. The first kappa shape index (κ1) is 21.6. The van der Waals surface area contributed by atoms with Gasteiger partial charge in [0.05, 0.1) is 6.61 Å². The summed E-state index contributed by atoms with van der Waals surface area (Å²) in [4.78, 5) is 24.3. The van der Waals surface area contributed by atoms with Crippen LogP contribution < -0.4 is 10.1 Å². The van der Waals surface area contributed by atoms with Crippen LogP contribution in [0.5, 0.6) is 5.75 Å². The van der Waals surface area contributed by atoms with Gasteiger partial charge in [0, 0.05) is 11.8 Å². The Morgan fingerprint density at radius 1 is 1.17 bits per heavy atom. The predicted octanol–water partition coefficient (Wildman–Crippen LogP) is 3.84. The van der Waals surface area contributed by atoms with E-state index >= 15 is 0 Å². The van der Waals surface area contributed by atoms with Gasteiger partial charge in [0.2, 0.25) is 0 Å². The number of carbonyl (C=O) groups is 2. The largest absolute Gasteiger partial charge is 0.494 e. The van der Waals surface area contributed by atoms with Gasteiger partial charge in [0.25, 0.3) is 5.91 Å². The quantitative estimate of drug-likeness (QED) is 0.433. The number of benzene rings is 2. The van der Waals surface area contributed by atoms with Crippen molar-refractivity contribution in [2.45, 2.75) is 20.0 Å². The zero-order valence-electron chi connectivity index (χ0n) is 15.7. The molecule has 0 aliphatic carbocycles. The molecular formula is C21H18F2N2O4. The molecule has 1 N–H and O–H groups in total. The van der Waals surface area contributed by atoms with Crippen LogP contribution in [0.25, 0.3) is 6.08 Å². The van der Waals surface area contributed by atoms with Gasteiger partial charge in [-0.3, -0.25) is 4.79 Å². The Morgan fingerprint density at radius 3 is 2.45 bits per heavy atom. The van der Waals surface area contributed by atoms with E-state index in [1.165, 1.54) is 13.0 Å². The first-order valence-electron chi connectivity index (χ1n) is 8.65. The van der Waals surface area contributed by atoms with E-state index in [-0.39, 0.29) is 11.3 Å². The van der Waals surface area contributed by atoms with Crippen LogP contribution in [-0.4, -0.2) is 24.6 Å². The molecule has 1 amide bonds. The molecule has 0 saturated heterocycles. The van der Waals surface area contributed by atoms with Crippen LogP contribution >= 0.6 is 0 Å². The number of ether oxygens (including phenoxy) is 2. The minimum atomic E-state index is -1.27. The van der Waals surface area contributed by atoms with Gasteiger partial charge in [-0.15, -0.1) is 0 Å². The molecule has 0 aliphatic heterocycles. The molecule has 6 nitrogen and oxygen atoms in total. The van der Waals surface area contributed by atoms with E-state index in [4.69, 9.17) is 9.47 Å². The molecule has 0 aromatic heterocycles. The molecule has 0 unspecified atom stereocenters. The second-order valence-corrected chi connectivity index (χ2v) is 5.84. The van der Waals surface area contributed by atoms with Gasteiger partial charge in [-0.2, -0.15) is 5.26 Å². The van der Waals surface area contributed by atoms with Crippen LogP contribution in [0.15, 0.2) is 48.0 Å². The lowest BCUT2D eigenvalue weighted by Gasteiger charge is -2.13. The average Bonchev–Trinajstić information content (AvgIpc) is 2.70. The molecule has 0 aliphatic rings. The Bertz CT molecular complexity index is 966. The zero-order valence-corrected chi connectivity index (χ0v) is 15.7. The predicted molar refractivity (Wildman–Crippen MR) is 102 cm³/mol. The molecule has 29 heavy (non-hydrogen) atoms. The summed E-state index contributed by atoms with van der Waals surface area (Å²) in [5.74, 6) is -3.29. The number of nitrogens with one attached hydrogen (secondary N) is 1. The monoisotopic (exact) mass is 400 g/mol. The molecule has 1 atom stereocenters. The van der Waals surface area contributed by atoms with E-state index in [1.807, 2.05) is 6.92 Å². The third-order valence-electron chi connectivity index (χ3n) is 3.68. The van der Waals surface area contributed by atoms with Gasteiger partial charge < -0.3 is 14.8 Å². The van der Waals surface area contributed by atoms with Gasteiger partial charge in [-0.05, 0) is 49.8 Å². The van der Waals surface area contributed by atoms with E-state index in [2.05, 4.69) is 5.32 Å². The van der Waals surface area contributed by atoms with Gasteiger partial charge in [-0.1, -0.05) is 12.1 Å². The van der Waals surface area contributed by atoms with E-state index in [0.717, 1.165) is 18.2 Å². The topological polar surface area (TPSA) is 88.4 Å². The van der Waals surface area contributed by atoms with Crippen molar-refractivity contribution in [2.75, 3.05) is 11.9 Å². The number of nitriles is 1.